The first kappa shape index (κ1) is 12.6. The summed E-state index contributed by atoms with van der Waals surface area (Å²) >= 11 is 3.43. The van der Waals surface area contributed by atoms with Gasteiger partial charge in [0.05, 0.1) is 0 Å². The van der Waals surface area contributed by atoms with E-state index in [1.165, 1.54) is 0 Å². The van der Waals surface area contributed by atoms with E-state index in [2.05, 4.69) is 15.9 Å². The first-order valence-corrected chi connectivity index (χ1v) is 6.22. The molecule has 0 heterocycles. The van der Waals surface area contributed by atoms with Gasteiger partial charge in [0.2, 0.25) is 0 Å². The van der Waals surface area contributed by atoms with Crippen molar-refractivity contribution in [1.29, 1.82) is 0 Å². The van der Waals surface area contributed by atoms with Crippen LogP contribution in [0.3, 0.4) is 0 Å². The van der Waals surface area contributed by atoms with Crippen LogP contribution in [0.1, 0.15) is 5.56 Å². The molecule has 2 rings (SSSR count). The highest BCUT2D eigenvalue weighted by Gasteiger charge is 2.02. The van der Waals surface area contributed by atoms with Gasteiger partial charge in [0.1, 0.15) is 0 Å². The Labute approximate surface area is 114 Å². The zero-order chi connectivity index (χ0) is 13.0. The van der Waals surface area contributed by atoms with Gasteiger partial charge in [0.25, 0.3) is 0 Å². The highest BCUT2D eigenvalue weighted by Crippen LogP contribution is 2.26. The van der Waals surface area contributed by atoms with E-state index in [0.29, 0.717) is 0 Å². The second-order valence-corrected chi connectivity index (χ2v) is 4.68. The van der Waals surface area contributed by atoms with Gasteiger partial charge in [-0.1, -0.05) is 52.3 Å². The summed E-state index contributed by atoms with van der Waals surface area (Å²) < 4.78 is 0.997. The second kappa shape index (κ2) is 5.65. The van der Waals surface area contributed by atoms with Crippen LogP contribution in [0.15, 0.2) is 59.1 Å². The van der Waals surface area contributed by atoms with Crippen molar-refractivity contribution >= 4 is 28.0 Å². The summed E-state index contributed by atoms with van der Waals surface area (Å²) in [5.74, 6) is -0.945. The molecule has 0 spiro atoms. The molecule has 2 aromatic carbocycles. The lowest BCUT2D eigenvalue weighted by atomic mass is 9.99. The number of carboxylic acids is 1. The molecule has 0 aliphatic heterocycles. The molecule has 0 saturated heterocycles. The Hall–Kier alpha value is -1.87. The van der Waals surface area contributed by atoms with E-state index in [1.54, 1.807) is 6.08 Å². The minimum atomic E-state index is -0.945. The van der Waals surface area contributed by atoms with Gasteiger partial charge in [-0.05, 0) is 34.9 Å². The van der Waals surface area contributed by atoms with Crippen molar-refractivity contribution in [3.8, 4) is 11.1 Å². The Morgan fingerprint density at radius 3 is 2.61 bits per heavy atom. The first-order chi connectivity index (χ1) is 8.66. The molecule has 3 heteroatoms. The molecule has 0 bridgehead atoms. The van der Waals surface area contributed by atoms with Crippen molar-refractivity contribution in [1.82, 2.24) is 0 Å². The van der Waals surface area contributed by atoms with Crippen molar-refractivity contribution in [2.45, 2.75) is 0 Å². The number of carbonyl (C=O) groups is 1. The van der Waals surface area contributed by atoms with Crippen molar-refractivity contribution in [2.24, 2.45) is 0 Å². The summed E-state index contributed by atoms with van der Waals surface area (Å²) in [7, 11) is 0. The zero-order valence-electron chi connectivity index (χ0n) is 9.51. The molecule has 0 atom stereocenters. The highest BCUT2D eigenvalue weighted by atomic mass is 79.9. The molecular formula is C15H11BrO2. The third-order valence-corrected chi connectivity index (χ3v) is 3.00. The number of halogens is 1. The molecule has 0 unspecified atom stereocenters. The molecule has 0 amide bonds. The molecule has 18 heavy (non-hydrogen) atoms. The van der Waals surface area contributed by atoms with E-state index in [1.807, 2.05) is 48.5 Å². The van der Waals surface area contributed by atoms with Crippen molar-refractivity contribution in [2.75, 3.05) is 0 Å². The van der Waals surface area contributed by atoms with Gasteiger partial charge in [0.15, 0.2) is 0 Å². The molecule has 0 radical (unpaired) electrons. The average molecular weight is 303 g/mol. The van der Waals surface area contributed by atoms with E-state index >= 15 is 0 Å². The predicted molar refractivity (Wildman–Crippen MR) is 76.2 cm³/mol. The van der Waals surface area contributed by atoms with E-state index in [4.69, 9.17) is 5.11 Å². The van der Waals surface area contributed by atoms with Crippen LogP contribution in [0.25, 0.3) is 17.2 Å². The fourth-order valence-electron chi connectivity index (χ4n) is 1.72. The molecule has 0 aliphatic carbocycles. The molecule has 2 aromatic rings. The molecule has 90 valence electrons. The van der Waals surface area contributed by atoms with Crippen molar-refractivity contribution < 1.29 is 9.90 Å². The highest BCUT2D eigenvalue weighted by molar-refractivity contribution is 9.10. The van der Waals surface area contributed by atoms with Gasteiger partial charge < -0.3 is 5.11 Å². The number of carboxylic acid groups (broad SMARTS) is 1. The SMILES string of the molecule is O=C(O)/C=C/c1ccccc1-c1cccc(Br)c1. The third kappa shape index (κ3) is 3.08. The Morgan fingerprint density at radius 1 is 1.11 bits per heavy atom. The minimum Gasteiger partial charge on any atom is -0.478 e. The Balaban J connectivity index is 2.48. The Bertz CT molecular complexity index is 603. The number of aliphatic carboxylic acids is 1. The van der Waals surface area contributed by atoms with Crippen LogP contribution in [-0.2, 0) is 4.79 Å². The second-order valence-electron chi connectivity index (χ2n) is 3.77. The third-order valence-electron chi connectivity index (χ3n) is 2.50. The summed E-state index contributed by atoms with van der Waals surface area (Å²) in [6, 6.07) is 15.6. The number of benzene rings is 2. The smallest absolute Gasteiger partial charge is 0.328 e. The maximum atomic E-state index is 10.6. The lowest BCUT2D eigenvalue weighted by Gasteiger charge is -2.06. The summed E-state index contributed by atoms with van der Waals surface area (Å²) in [5, 5.41) is 8.69. The van der Waals surface area contributed by atoms with Crippen LogP contribution < -0.4 is 0 Å². The van der Waals surface area contributed by atoms with Crippen LogP contribution in [0.4, 0.5) is 0 Å². The van der Waals surface area contributed by atoms with Gasteiger partial charge in [-0.2, -0.15) is 0 Å². The minimum absolute atomic E-state index is 0.887. The average Bonchev–Trinajstić information content (AvgIpc) is 2.36. The van der Waals surface area contributed by atoms with E-state index < -0.39 is 5.97 Å². The van der Waals surface area contributed by atoms with Crippen molar-refractivity contribution in [3.63, 3.8) is 0 Å². The van der Waals surface area contributed by atoms with Gasteiger partial charge in [0, 0.05) is 10.5 Å². The normalized spacial score (nSPS) is 10.7. The zero-order valence-corrected chi connectivity index (χ0v) is 11.1. The van der Waals surface area contributed by atoms with Gasteiger partial charge in [-0.25, -0.2) is 4.79 Å². The fraction of sp³-hybridized carbons (Fsp3) is 0. The molecule has 2 nitrogen and oxygen atoms in total. The standard InChI is InChI=1S/C15H11BrO2/c16-13-6-3-5-12(10-13)14-7-2-1-4-11(14)8-9-15(17)18/h1-10H,(H,17,18)/b9-8+. The summed E-state index contributed by atoms with van der Waals surface area (Å²) in [6.07, 6.45) is 2.76. The molecular weight excluding hydrogens is 292 g/mol. The van der Waals surface area contributed by atoms with Crippen molar-refractivity contribution in [3.05, 3.63) is 64.6 Å². The molecule has 0 aliphatic rings. The summed E-state index contributed by atoms with van der Waals surface area (Å²) in [5.41, 5.74) is 2.95. The Morgan fingerprint density at radius 2 is 1.89 bits per heavy atom. The van der Waals surface area contributed by atoms with Gasteiger partial charge in [-0.15, -0.1) is 0 Å². The molecule has 0 fully saturated rings. The Kier molecular flexibility index (Phi) is 3.95. The first-order valence-electron chi connectivity index (χ1n) is 5.43. The van der Waals surface area contributed by atoms with Crippen LogP contribution in [-0.4, -0.2) is 11.1 Å². The van der Waals surface area contributed by atoms with Crippen LogP contribution >= 0.6 is 15.9 Å². The fourth-order valence-corrected chi connectivity index (χ4v) is 2.12. The lowest BCUT2D eigenvalue weighted by Crippen LogP contribution is -1.87. The van der Waals surface area contributed by atoms with Crippen LogP contribution in [0, 0.1) is 0 Å². The van der Waals surface area contributed by atoms with Crippen LogP contribution in [0.2, 0.25) is 0 Å². The number of rotatable bonds is 3. The molecule has 1 N–H and O–H groups in total. The quantitative estimate of drug-likeness (QED) is 0.862. The van der Waals surface area contributed by atoms with E-state index in [-0.39, 0.29) is 0 Å². The lowest BCUT2D eigenvalue weighted by molar-refractivity contribution is -0.131. The predicted octanol–water partition coefficient (Wildman–Crippen LogP) is 4.21. The van der Waals surface area contributed by atoms with E-state index in [9.17, 15) is 4.79 Å². The summed E-state index contributed by atoms with van der Waals surface area (Å²) in [6.45, 7) is 0. The number of hydrogen-bond donors (Lipinski definition) is 1. The maximum absolute atomic E-state index is 10.6. The van der Waals surface area contributed by atoms with Crippen LogP contribution in [0.5, 0.6) is 0 Å². The number of hydrogen-bond acceptors (Lipinski definition) is 1. The van der Waals surface area contributed by atoms with E-state index in [0.717, 1.165) is 27.2 Å². The molecule has 0 saturated carbocycles. The largest absolute Gasteiger partial charge is 0.478 e. The monoisotopic (exact) mass is 302 g/mol. The van der Waals surface area contributed by atoms with Gasteiger partial charge in [-0.3, -0.25) is 0 Å². The maximum Gasteiger partial charge on any atom is 0.328 e. The van der Waals surface area contributed by atoms with Gasteiger partial charge >= 0.3 is 5.97 Å². The summed E-state index contributed by atoms with van der Waals surface area (Å²) in [4.78, 5) is 10.6. The topological polar surface area (TPSA) is 37.3 Å². The molecule has 0 aromatic heterocycles.